The Balaban J connectivity index is 1.81. The fourth-order valence-electron chi connectivity index (χ4n) is 2.97. The van der Waals surface area contributed by atoms with Gasteiger partial charge in [-0.1, -0.05) is 18.5 Å². The van der Waals surface area contributed by atoms with Gasteiger partial charge < -0.3 is 14.9 Å². The van der Waals surface area contributed by atoms with E-state index < -0.39 is 5.60 Å². The van der Waals surface area contributed by atoms with Gasteiger partial charge in [0.05, 0.1) is 29.3 Å². The first-order chi connectivity index (χ1) is 10.4. The number of hydrogen-bond acceptors (Lipinski definition) is 3. The minimum absolute atomic E-state index is 0.0741. The Morgan fingerprint density at radius 2 is 2.14 bits per heavy atom. The maximum atomic E-state index is 12.5. The number of benzene rings is 1. The Hall–Kier alpha value is -1.59. The number of amides is 2. The van der Waals surface area contributed by atoms with Crippen LogP contribution in [0, 0.1) is 0 Å². The molecular weight excluding hydrogens is 304 g/mol. The molecule has 1 N–H and O–H groups in total. The number of β-amino-alcohol motifs (C(OH)–C–C–N with tert-alkyl or cyclic N) is 1. The number of hydrogen-bond donors (Lipinski definition) is 1. The number of halogens is 1. The van der Waals surface area contributed by atoms with Crippen molar-refractivity contribution in [1.29, 1.82) is 0 Å². The van der Waals surface area contributed by atoms with Crippen molar-refractivity contribution in [2.45, 2.75) is 31.8 Å². The maximum absolute atomic E-state index is 12.5. The van der Waals surface area contributed by atoms with Gasteiger partial charge >= 0.3 is 0 Å². The summed E-state index contributed by atoms with van der Waals surface area (Å²) in [6, 6.07) is 5.10. The predicted octanol–water partition coefficient (Wildman–Crippen LogP) is 2.06. The van der Waals surface area contributed by atoms with Crippen molar-refractivity contribution in [3.05, 3.63) is 28.8 Å². The van der Waals surface area contributed by atoms with E-state index in [1.54, 1.807) is 28.0 Å². The molecule has 2 saturated heterocycles. The van der Waals surface area contributed by atoms with Crippen molar-refractivity contribution in [3.63, 3.8) is 0 Å². The van der Waals surface area contributed by atoms with E-state index in [0.29, 0.717) is 48.7 Å². The van der Waals surface area contributed by atoms with Crippen LogP contribution in [-0.2, 0) is 4.79 Å². The van der Waals surface area contributed by atoms with Crippen molar-refractivity contribution < 1.29 is 14.7 Å². The molecule has 22 heavy (non-hydrogen) atoms. The SMILES string of the molecule is CCC1(O)CN(C(=O)c2cc(N3CCCC3=O)ccc2Cl)C1. The quantitative estimate of drug-likeness (QED) is 0.926. The molecule has 0 spiro atoms. The molecule has 3 rings (SSSR count). The Morgan fingerprint density at radius 1 is 1.41 bits per heavy atom. The van der Waals surface area contributed by atoms with Crippen molar-refractivity contribution in [3.8, 4) is 0 Å². The van der Waals surface area contributed by atoms with E-state index in [-0.39, 0.29) is 11.8 Å². The molecule has 2 aliphatic rings. The zero-order valence-electron chi connectivity index (χ0n) is 12.5. The van der Waals surface area contributed by atoms with Gasteiger partial charge in [-0.3, -0.25) is 9.59 Å². The number of carbonyl (C=O) groups is 2. The van der Waals surface area contributed by atoms with Gasteiger partial charge in [0.15, 0.2) is 0 Å². The number of carbonyl (C=O) groups excluding carboxylic acids is 2. The van der Waals surface area contributed by atoms with E-state index in [1.165, 1.54) is 0 Å². The third kappa shape index (κ3) is 2.59. The lowest BCUT2D eigenvalue weighted by atomic mass is 9.90. The third-order valence-electron chi connectivity index (χ3n) is 4.48. The first-order valence-electron chi connectivity index (χ1n) is 7.55. The summed E-state index contributed by atoms with van der Waals surface area (Å²) in [5, 5.41) is 10.4. The predicted molar refractivity (Wildman–Crippen MR) is 84.2 cm³/mol. The standard InChI is InChI=1S/C16H19ClN2O3/c1-2-16(22)9-18(10-16)15(21)12-8-11(5-6-13(12)17)19-7-3-4-14(19)20/h5-6,8,22H,2-4,7,9-10H2,1H3. The number of rotatable bonds is 3. The molecule has 2 fully saturated rings. The Bertz CT molecular complexity index is 626. The molecule has 0 saturated carbocycles. The summed E-state index contributed by atoms with van der Waals surface area (Å²) in [5.74, 6) is -0.123. The molecule has 0 unspecified atom stereocenters. The van der Waals surface area contributed by atoms with Crippen molar-refractivity contribution in [2.24, 2.45) is 0 Å². The van der Waals surface area contributed by atoms with Gasteiger partial charge in [-0.15, -0.1) is 0 Å². The number of likely N-dealkylation sites (tertiary alicyclic amines) is 1. The summed E-state index contributed by atoms with van der Waals surface area (Å²) >= 11 is 6.15. The van der Waals surface area contributed by atoms with Gasteiger partial charge in [-0.05, 0) is 31.0 Å². The molecule has 1 aromatic carbocycles. The Labute approximate surface area is 134 Å². The normalized spacial score (nSPS) is 20.2. The highest BCUT2D eigenvalue weighted by atomic mass is 35.5. The van der Waals surface area contributed by atoms with Crippen LogP contribution in [0.4, 0.5) is 5.69 Å². The Kier molecular flexibility index (Phi) is 3.87. The van der Waals surface area contributed by atoms with Gasteiger partial charge in [-0.25, -0.2) is 0 Å². The summed E-state index contributed by atoms with van der Waals surface area (Å²) in [5.41, 5.74) is 0.323. The van der Waals surface area contributed by atoms with Gasteiger partial charge in [0.2, 0.25) is 5.91 Å². The molecule has 5 nitrogen and oxygen atoms in total. The van der Waals surface area contributed by atoms with E-state index in [1.807, 2.05) is 6.92 Å². The average molecular weight is 323 g/mol. The number of nitrogens with zero attached hydrogens (tertiary/aromatic N) is 2. The first kappa shape index (κ1) is 15.3. The lowest BCUT2D eigenvalue weighted by Crippen LogP contribution is -2.63. The topological polar surface area (TPSA) is 60.9 Å². The molecule has 0 aromatic heterocycles. The van der Waals surface area contributed by atoms with Crippen LogP contribution >= 0.6 is 11.6 Å². The largest absolute Gasteiger partial charge is 0.386 e. The van der Waals surface area contributed by atoms with Crippen LogP contribution in [0.3, 0.4) is 0 Å². The van der Waals surface area contributed by atoms with E-state index in [2.05, 4.69) is 0 Å². The molecule has 0 atom stereocenters. The highest BCUT2D eigenvalue weighted by Gasteiger charge is 2.42. The van der Waals surface area contributed by atoms with Crippen LogP contribution in [0.1, 0.15) is 36.5 Å². The molecule has 0 aliphatic carbocycles. The monoisotopic (exact) mass is 322 g/mol. The van der Waals surface area contributed by atoms with Crippen molar-refractivity contribution >= 4 is 29.1 Å². The molecule has 0 bridgehead atoms. The van der Waals surface area contributed by atoms with Crippen LogP contribution in [0.5, 0.6) is 0 Å². The molecule has 2 amide bonds. The molecule has 118 valence electrons. The van der Waals surface area contributed by atoms with Gasteiger partial charge in [-0.2, -0.15) is 0 Å². The lowest BCUT2D eigenvalue weighted by Gasteiger charge is -2.46. The van der Waals surface area contributed by atoms with Gasteiger partial charge in [0.25, 0.3) is 5.91 Å². The minimum atomic E-state index is -0.773. The van der Waals surface area contributed by atoms with Crippen LogP contribution in [0.25, 0.3) is 0 Å². The molecule has 2 heterocycles. The zero-order valence-corrected chi connectivity index (χ0v) is 13.3. The highest BCUT2D eigenvalue weighted by molar-refractivity contribution is 6.34. The van der Waals surface area contributed by atoms with E-state index in [4.69, 9.17) is 11.6 Å². The van der Waals surface area contributed by atoms with Crippen molar-refractivity contribution in [2.75, 3.05) is 24.5 Å². The molecular formula is C16H19ClN2O3. The smallest absolute Gasteiger partial charge is 0.255 e. The van der Waals surface area contributed by atoms with Gasteiger partial charge in [0.1, 0.15) is 0 Å². The second-order valence-electron chi connectivity index (χ2n) is 6.05. The van der Waals surface area contributed by atoms with E-state index in [0.717, 1.165) is 6.42 Å². The van der Waals surface area contributed by atoms with Gasteiger partial charge in [0, 0.05) is 18.7 Å². The number of aliphatic hydroxyl groups is 1. The third-order valence-corrected chi connectivity index (χ3v) is 4.81. The highest BCUT2D eigenvalue weighted by Crippen LogP contribution is 2.31. The summed E-state index contributed by atoms with van der Waals surface area (Å²) in [6.45, 7) is 3.22. The van der Waals surface area contributed by atoms with Crippen LogP contribution in [-0.4, -0.2) is 47.1 Å². The first-order valence-corrected chi connectivity index (χ1v) is 7.93. The van der Waals surface area contributed by atoms with Crippen molar-refractivity contribution in [1.82, 2.24) is 4.90 Å². The summed E-state index contributed by atoms with van der Waals surface area (Å²) in [4.78, 5) is 27.6. The number of anilines is 1. The summed E-state index contributed by atoms with van der Waals surface area (Å²) in [7, 11) is 0. The van der Waals surface area contributed by atoms with Crippen LogP contribution in [0.2, 0.25) is 5.02 Å². The molecule has 0 radical (unpaired) electrons. The van der Waals surface area contributed by atoms with Crippen LogP contribution in [0.15, 0.2) is 18.2 Å². The zero-order chi connectivity index (χ0) is 15.9. The second kappa shape index (κ2) is 5.56. The fourth-order valence-corrected chi connectivity index (χ4v) is 3.17. The van der Waals surface area contributed by atoms with E-state index in [9.17, 15) is 14.7 Å². The second-order valence-corrected chi connectivity index (χ2v) is 6.46. The average Bonchev–Trinajstić information content (AvgIpc) is 2.90. The van der Waals surface area contributed by atoms with Crippen LogP contribution < -0.4 is 4.90 Å². The lowest BCUT2D eigenvalue weighted by molar-refractivity contribution is -0.117. The molecule has 1 aromatic rings. The summed E-state index contributed by atoms with van der Waals surface area (Å²) in [6.07, 6.45) is 1.99. The van der Waals surface area contributed by atoms with E-state index >= 15 is 0 Å². The molecule has 6 heteroatoms. The summed E-state index contributed by atoms with van der Waals surface area (Å²) < 4.78 is 0. The minimum Gasteiger partial charge on any atom is -0.386 e. The Morgan fingerprint density at radius 3 is 2.73 bits per heavy atom. The fraction of sp³-hybridized carbons (Fsp3) is 0.500. The molecule has 2 aliphatic heterocycles. The maximum Gasteiger partial charge on any atom is 0.255 e.